The average Bonchev–Trinajstić information content (AvgIpc) is 2.60. The lowest BCUT2D eigenvalue weighted by atomic mass is 10.1. The fraction of sp³-hybridized carbons (Fsp3) is 0.111. The number of ether oxygens (including phenoxy) is 1. The van der Waals surface area contributed by atoms with Gasteiger partial charge in [0, 0.05) is 16.6 Å². The number of amides is 1. The van der Waals surface area contributed by atoms with Crippen molar-refractivity contribution in [3.05, 3.63) is 59.2 Å². The summed E-state index contributed by atoms with van der Waals surface area (Å²) in [6.45, 7) is 0. The Bertz CT molecular complexity index is 1130. The lowest BCUT2D eigenvalue weighted by molar-refractivity contribution is 0.102. The summed E-state index contributed by atoms with van der Waals surface area (Å²) in [5.74, 6) is -0.00518. The molecule has 0 atom stereocenters. The van der Waals surface area contributed by atoms with Crippen LogP contribution in [0.3, 0.4) is 0 Å². The van der Waals surface area contributed by atoms with Gasteiger partial charge >= 0.3 is 0 Å². The molecule has 7 nitrogen and oxygen atoms in total. The highest BCUT2D eigenvalue weighted by atomic mass is 35.5. The van der Waals surface area contributed by atoms with Crippen LogP contribution < -0.4 is 14.8 Å². The van der Waals surface area contributed by atoms with E-state index in [4.69, 9.17) is 16.3 Å². The molecule has 0 saturated heterocycles. The quantitative estimate of drug-likeness (QED) is 0.633. The smallest absolute Gasteiger partial charge is 0.255 e. The summed E-state index contributed by atoms with van der Waals surface area (Å²) in [6, 6.07) is 13.2. The molecule has 0 saturated carbocycles. The third-order valence-corrected chi connectivity index (χ3v) is 4.47. The molecule has 3 rings (SSSR count). The van der Waals surface area contributed by atoms with Crippen molar-refractivity contribution in [1.82, 2.24) is 4.98 Å². The number of hydrogen-bond acceptors (Lipinski definition) is 5. The van der Waals surface area contributed by atoms with Crippen molar-refractivity contribution >= 4 is 49.8 Å². The highest BCUT2D eigenvalue weighted by molar-refractivity contribution is 7.92. The van der Waals surface area contributed by atoms with Crippen LogP contribution in [-0.4, -0.2) is 32.7 Å². The van der Waals surface area contributed by atoms with Crippen LogP contribution in [0, 0.1) is 0 Å². The van der Waals surface area contributed by atoms with Crippen LogP contribution in [0.1, 0.15) is 10.4 Å². The van der Waals surface area contributed by atoms with Crippen LogP contribution in [0.4, 0.5) is 11.4 Å². The van der Waals surface area contributed by atoms with Crippen molar-refractivity contribution in [2.75, 3.05) is 23.4 Å². The summed E-state index contributed by atoms with van der Waals surface area (Å²) in [6.07, 6.45) is 1.03. The zero-order valence-electron chi connectivity index (χ0n) is 14.5. The summed E-state index contributed by atoms with van der Waals surface area (Å²) in [5.41, 5.74) is 1.76. The molecule has 0 bridgehead atoms. The molecule has 0 aliphatic heterocycles. The van der Waals surface area contributed by atoms with E-state index in [9.17, 15) is 13.2 Å². The molecule has 0 radical (unpaired) electrons. The molecule has 3 aromatic rings. The summed E-state index contributed by atoms with van der Waals surface area (Å²) in [5, 5.41) is 3.89. The molecule has 0 fully saturated rings. The standard InChI is InChI=1S/C18H16ClN3O4S/c1-26-16-7-5-13(10-15(16)22-27(2,24)25)20-18(23)12-3-6-14-11(9-12)4-8-17(19)21-14/h3-10,22H,1-2H3,(H,20,23). The number of methoxy groups -OCH3 is 1. The third-order valence-electron chi connectivity index (χ3n) is 3.67. The fourth-order valence-corrected chi connectivity index (χ4v) is 3.22. The van der Waals surface area contributed by atoms with Crippen molar-refractivity contribution in [3.63, 3.8) is 0 Å². The Balaban J connectivity index is 1.87. The van der Waals surface area contributed by atoms with Gasteiger partial charge in [-0.3, -0.25) is 9.52 Å². The maximum absolute atomic E-state index is 12.5. The second-order valence-electron chi connectivity index (χ2n) is 5.78. The van der Waals surface area contributed by atoms with Gasteiger partial charge in [0.15, 0.2) is 0 Å². The van der Waals surface area contributed by atoms with Gasteiger partial charge in [-0.15, -0.1) is 0 Å². The van der Waals surface area contributed by atoms with Crippen LogP contribution in [0.15, 0.2) is 48.5 Å². The molecule has 27 heavy (non-hydrogen) atoms. The van der Waals surface area contributed by atoms with E-state index in [-0.39, 0.29) is 11.6 Å². The number of carbonyl (C=O) groups excluding carboxylic acids is 1. The molecule has 1 amide bonds. The molecule has 0 aliphatic carbocycles. The van der Waals surface area contributed by atoms with E-state index < -0.39 is 10.0 Å². The van der Waals surface area contributed by atoms with E-state index in [1.54, 1.807) is 42.5 Å². The van der Waals surface area contributed by atoms with Gasteiger partial charge in [0.1, 0.15) is 10.9 Å². The van der Waals surface area contributed by atoms with Crippen LogP contribution >= 0.6 is 11.6 Å². The molecule has 140 valence electrons. The normalized spacial score (nSPS) is 11.2. The van der Waals surface area contributed by atoms with Gasteiger partial charge in [-0.25, -0.2) is 13.4 Å². The number of carbonyl (C=O) groups is 1. The number of hydrogen-bond donors (Lipinski definition) is 2. The molecule has 1 heterocycles. The molecule has 9 heteroatoms. The SMILES string of the molecule is COc1ccc(NC(=O)c2ccc3nc(Cl)ccc3c2)cc1NS(C)(=O)=O. The van der Waals surface area contributed by atoms with Crippen molar-refractivity contribution in [1.29, 1.82) is 0 Å². The number of halogens is 1. The van der Waals surface area contributed by atoms with Gasteiger partial charge < -0.3 is 10.1 Å². The number of pyridine rings is 1. The van der Waals surface area contributed by atoms with E-state index >= 15 is 0 Å². The predicted molar refractivity (Wildman–Crippen MR) is 106 cm³/mol. The first kappa shape index (κ1) is 18.9. The van der Waals surface area contributed by atoms with Gasteiger partial charge in [0.25, 0.3) is 5.91 Å². The Hall–Kier alpha value is -2.84. The van der Waals surface area contributed by atoms with Crippen molar-refractivity contribution in [3.8, 4) is 5.75 Å². The number of nitrogens with zero attached hydrogens (tertiary/aromatic N) is 1. The average molecular weight is 406 g/mol. The molecule has 1 aromatic heterocycles. The number of rotatable bonds is 5. The zero-order chi connectivity index (χ0) is 19.6. The Morgan fingerprint density at radius 2 is 1.89 bits per heavy atom. The molecular formula is C18H16ClN3O4S. The number of aromatic nitrogens is 1. The van der Waals surface area contributed by atoms with Crippen LogP contribution in [0.25, 0.3) is 10.9 Å². The predicted octanol–water partition coefficient (Wildman–Crippen LogP) is 3.52. The second kappa shape index (κ2) is 7.42. The first-order valence-corrected chi connectivity index (χ1v) is 10.1. The summed E-state index contributed by atoms with van der Waals surface area (Å²) in [7, 11) is -2.07. The summed E-state index contributed by atoms with van der Waals surface area (Å²) >= 11 is 5.86. The summed E-state index contributed by atoms with van der Waals surface area (Å²) in [4.78, 5) is 16.7. The number of benzene rings is 2. The van der Waals surface area contributed by atoms with Crippen molar-refractivity contribution in [2.24, 2.45) is 0 Å². The Morgan fingerprint density at radius 3 is 2.59 bits per heavy atom. The Labute approximate surface area is 161 Å². The van der Waals surface area contributed by atoms with Crippen LogP contribution in [0.2, 0.25) is 5.15 Å². The van der Waals surface area contributed by atoms with E-state index in [1.807, 2.05) is 0 Å². The van der Waals surface area contributed by atoms with Crippen molar-refractivity contribution < 1.29 is 17.9 Å². The van der Waals surface area contributed by atoms with E-state index in [2.05, 4.69) is 15.0 Å². The van der Waals surface area contributed by atoms with Crippen LogP contribution in [-0.2, 0) is 10.0 Å². The maximum atomic E-state index is 12.5. The minimum absolute atomic E-state index is 0.232. The van der Waals surface area contributed by atoms with Crippen molar-refractivity contribution in [2.45, 2.75) is 0 Å². The van der Waals surface area contributed by atoms with E-state index in [1.165, 1.54) is 13.2 Å². The Kier molecular flexibility index (Phi) is 5.20. The van der Waals surface area contributed by atoms with E-state index in [0.717, 1.165) is 11.6 Å². The first-order valence-electron chi connectivity index (χ1n) is 7.79. The van der Waals surface area contributed by atoms with Gasteiger partial charge in [0.2, 0.25) is 10.0 Å². The number of fused-ring (bicyclic) bond motifs is 1. The lowest BCUT2D eigenvalue weighted by Gasteiger charge is -2.12. The minimum Gasteiger partial charge on any atom is -0.495 e. The molecule has 0 unspecified atom stereocenters. The molecule has 0 aliphatic rings. The maximum Gasteiger partial charge on any atom is 0.255 e. The van der Waals surface area contributed by atoms with E-state index in [0.29, 0.717) is 27.7 Å². The highest BCUT2D eigenvalue weighted by Gasteiger charge is 2.12. The minimum atomic E-state index is -3.50. The zero-order valence-corrected chi connectivity index (χ0v) is 16.1. The second-order valence-corrected chi connectivity index (χ2v) is 7.92. The molecule has 2 aromatic carbocycles. The number of nitrogens with one attached hydrogen (secondary N) is 2. The number of anilines is 2. The lowest BCUT2D eigenvalue weighted by Crippen LogP contribution is -2.14. The largest absolute Gasteiger partial charge is 0.495 e. The van der Waals surface area contributed by atoms with Gasteiger partial charge in [-0.1, -0.05) is 11.6 Å². The fourth-order valence-electron chi connectivity index (χ4n) is 2.51. The van der Waals surface area contributed by atoms with Crippen LogP contribution in [0.5, 0.6) is 5.75 Å². The molecule has 0 spiro atoms. The van der Waals surface area contributed by atoms with Gasteiger partial charge in [-0.05, 0) is 48.5 Å². The number of sulfonamides is 1. The van der Waals surface area contributed by atoms with Gasteiger partial charge in [0.05, 0.1) is 24.6 Å². The first-order chi connectivity index (χ1) is 12.7. The third kappa shape index (κ3) is 4.66. The molecule has 2 N–H and O–H groups in total. The Morgan fingerprint density at radius 1 is 1.11 bits per heavy atom. The summed E-state index contributed by atoms with van der Waals surface area (Å²) < 4.78 is 30.5. The van der Waals surface area contributed by atoms with Gasteiger partial charge in [-0.2, -0.15) is 0 Å². The topological polar surface area (TPSA) is 97.4 Å². The highest BCUT2D eigenvalue weighted by Crippen LogP contribution is 2.29. The monoisotopic (exact) mass is 405 g/mol. The molecular weight excluding hydrogens is 390 g/mol.